The fourth-order valence-corrected chi connectivity index (χ4v) is 2.86. The number of furan rings is 1. The summed E-state index contributed by atoms with van der Waals surface area (Å²) in [5, 5.41) is 7.69. The number of para-hydroxylation sites is 1. The second-order valence-electron chi connectivity index (χ2n) is 6.22. The maximum atomic E-state index is 5.40. The highest BCUT2D eigenvalue weighted by Crippen LogP contribution is 2.26. The van der Waals surface area contributed by atoms with Crippen molar-refractivity contribution in [1.29, 1.82) is 0 Å². The van der Waals surface area contributed by atoms with Crippen LogP contribution in [-0.4, -0.2) is 9.97 Å². The monoisotopic (exact) mass is 344 g/mol. The normalized spacial score (nSPS) is 10.8. The number of aryl methyl sites for hydroxylation is 1. The summed E-state index contributed by atoms with van der Waals surface area (Å²) < 4.78 is 5.40. The molecule has 0 bridgehead atoms. The minimum absolute atomic E-state index is 0.566. The number of hydrogen-bond donors (Lipinski definition) is 2. The van der Waals surface area contributed by atoms with Gasteiger partial charge < -0.3 is 15.1 Å². The average molecular weight is 344 g/mol. The SMILES string of the molecule is Cc1cccc(Nc2nc(NCc3ccco3)c3ccccc3n2)c1C. The van der Waals surface area contributed by atoms with E-state index in [4.69, 9.17) is 9.40 Å². The zero-order chi connectivity index (χ0) is 17.9. The van der Waals surface area contributed by atoms with Crippen LogP contribution in [0.4, 0.5) is 17.5 Å². The van der Waals surface area contributed by atoms with Crippen LogP contribution in [-0.2, 0) is 6.54 Å². The Kier molecular flexibility index (Phi) is 4.27. The quantitative estimate of drug-likeness (QED) is 0.521. The summed E-state index contributed by atoms with van der Waals surface area (Å²) in [6.07, 6.45) is 1.67. The van der Waals surface area contributed by atoms with Gasteiger partial charge in [-0.15, -0.1) is 0 Å². The maximum Gasteiger partial charge on any atom is 0.229 e. The van der Waals surface area contributed by atoms with Crippen LogP contribution in [0.15, 0.2) is 65.3 Å². The van der Waals surface area contributed by atoms with Gasteiger partial charge in [-0.3, -0.25) is 0 Å². The Morgan fingerprint density at radius 2 is 1.81 bits per heavy atom. The van der Waals surface area contributed by atoms with Crippen LogP contribution in [0.25, 0.3) is 10.9 Å². The van der Waals surface area contributed by atoms with Crippen LogP contribution in [0.1, 0.15) is 16.9 Å². The van der Waals surface area contributed by atoms with Gasteiger partial charge in [0.2, 0.25) is 5.95 Å². The minimum Gasteiger partial charge on any atom is -0.467 e. The summed E-state index contributed by atoms with van der Waals surface area (Å²) in [5.74, 6) is 2.20. The Morgan fingerprint density at radius 3 is 2.65 bits per heavy atom. The van der Waals surface area contributed by atoms with Gasteiger partial charge in [0.05, 0.1) is 18.3 Å². The molecule has 0 atom stereocenters. The Hall–Kier alpha value is -3.34. The van der Waals surface area contributed by atoms with E-state index in [1.807, 2.05) is 48.5 Å². The lowest BCUT2D eigenvalue weighted by Gasteiger charge is -2.13. The van der Waals surface area contributed by atoms with Crippen molar-refractivity contribution < 1.29 is 4.42 Å². The van der Waals surface area contributed by atoms with E-state index < -0.39 is 0 Å². The fraction of sp³-hybridized carbons (Fsp3) is 0.143. The van der Waals surface area contributed by atoms with Gasteiger partial charge >= 0.3 is 0 Å². The molecule has 0 spiro atoms. The molecular weight excluding hydrogens is 324 g/mol. The Balaban J connectivity index is 1.70. The third-order valence-corrected chi connectivity index (χ3v) is 4.46. The molecule has 130 valence electrons. The van der Waals surface area contributed by atoms with Crippen LogP contribution in [0.2, 0.25) is 0 Å². The van der Waals surface area contributed by atoms with E-state index in [-0.39, 0.29) is 0 Å². The first kappa shape index (κ1) is 16.1. The van der Waals surface area contributed by atoms with Crippen molar-refractivity contribution in [3.05, 3.63) is 77.7 Å². The lowest BCUT2D eigenvalue weighted by atomic mass is 10.1. The molecule has 0 saturated heterocycles. The molecule has 0 saturated carbocycles. The lowest BCUT2D eigenvalue weighted by Crippen LogP contribution is -2.06. The summed E-state index contributed by atoms with van der Waals surface area (Å²) in [7, 11) is 0. The van der Waals surface area contributed by atoms with E-state index in [1.54, 1.807) is 6.26 Å². The molecule has 0 fully saturated rings. The van der Waals surface area contributed by atoms with E-state index >= 15 is 0 Å². The molecule has 0 amide bonds. The van der Waals surface area contributed by atoms with Crippen molar-refractivity contribution in [3.63, 3.8) is 0 Å². The number of rotatable bonds is 5. The number of fused-ring (bicyclic) bond motifs is 1. The first-order valence-corrected chi connectivity index (χ1v) is 8.57. The molecule has 0 aliphatic heterocycles. The van der Waals surface area contributed by atoms with Gasteiger partial charge in [-0.25, -0.2) is 4.98 Å². The number of benzene rings is 2. The first-order chi connectivity index (χ1) is 12.7. The van der Waals surface area contributed by atoms with Gasteiger partial charge in [-0.1, -0.05) is 24.3 Å². The van der Waals surface area contributed by atoms with Crippen molar-refractivity contribution in [3.8, 4) is 0 Å². The Morgan fingerprint density at radius 1 is 0.923 bits per heavy atom. The molecule has 0 unspecified atom stereocenters. The summed E-state index contributed by atoms with van der Waals surface area (Å²) >= 11 is 0. The van der Waals surface area contributed by atoms with Crippen LogP contribution < -0.4 is 10.6 Å². The zero-order valence-electron chi connectivity index (χ0n) is 14.8. The molecule has 2 aromatic heterocycles. The van der Waals surface area contributed by atoms with Gasteiger partial charge in [0.25, 0.3) is 0 Å². The van der Waals surface area contributed by atoms with Crippen LogP contribution >= 0.6 is 0 Å². The molecule has 0 radical (unpaired) electrons. The number of hydrogen-bond acceptors (Lipinski definition) is 5. The van der Waals surface area contributed by atoms with Crippen molar-refractivity contribution >= 4 is 28.4 Å². The maximum absolute atomic E-state index is 5.40. The van der Waals surface area contributed by atoms with E-state index in [0.29, 0.717) is 12.5 Å². The smallest absolute Gasteiger partial charge is 0.229 e. The average Bonchev–Trinajstić information content (AvgIpc) is 3.17. The molecule has 0 aliphatic carbocycles. The second kappa shape index (κ2) is 6.88. The van der Waals surface area contributed by atoms with Crippen LogP contribution in [0.3, 0.4) is 0 Å². The van der Waals surface area contributed by atoms with Gasteiger partial charge in [0, 0.05) is 11.1 Å². The number of nitrogens with zero attached hydrogens (tertiary/aromatic N) is 2. The highest BCUT2D eigenvalue weighted by atomic mass is 16.3. The third kappa shape index (κ3) is 3.24. The van der Waals surface area contributed by atoms with E-state index in [9.17, 15) is 0 Å². The molecule has 4 aromatic rings. The summed E-state index contributed by atoms with van der Waals surface area (Å²) in [4.78, 5) is 9.35. The molecule has 4 rings (SSSR count). The molecule has 2 aromatic carbocycles. The highest BCUT2D eigenvalue weighted by molar-refractivity contribution is 5.90. The molecule has 0 aliphatic rings. The van der Waals surface area contributed by atoms with E-state index in [1.165, 1.54) is 11.1 Å². The highest BCUT2D eigenvalue weighted by Gasteiger charge is 2.09. The minimum atomic E-state index is 0.566. The largest absolute Gasteiger partial charge is 0.467 e. The van der Waals surface area contributed by atoms with Crippen molar-refractivity contribution in [1.82, 2.24) is 9.97 Å². The molecule has 2 N–H and O–H groups in total. The standard InChI is InChI=1S/C21H20N4O/c1-14-7-5-11-18(15(14)2)23-21-24-19-10-4-3-9-17(19)20(25-21)22-13-16-8-6-12-26-16/h3-12H,13H2,1-2H3,(H2,22,23,24,25). The van der Waals surface area contributed by atoms with Crippen molar-refractivity contribution in [2.45, 2.75) is 20.4 Å². The second-order valence-corrected chi connectivity index (χ2v) is 6.22. The molecule has 2 heterocycles. The molecule has 26 heavy (non-hydrogen) atoms. The Labute approximate surface area is 152 Å². The van der Waals surface area contributed by atoms with Crippen LogP contribution in [0.5, 0.6) is 0 Å². The van der Waals surface area contributed by atoms with E-state index in [2.05, 4.69) is 35.5 Å². The predicted octanol–water partition coefficient (Wildman–Crippen LogP) is 5.20. The first-order valence-electron chi connectivity index (χ1n) is 8.57. The van der Waals surface area contributed by atoms with Crippen molar-refractivity contribution in [2.24, 2.45) is 0 Å². The Bertz CT molecular complexity index is 1040. The summed E-state index contributed by atoms with van der Waals surface area (Å²) in [5.41, 5.74) is 4.32. The van der Waals surface area contributed by atoms with Crippen LogP contribution in [0, 0.1) is 13.8 Å². The molecular formula is C21H20N4O. The fourth-order valence-electron chi connectivity index (χ4n) is 2.86. The molecule has 5 heteroatoms. The zero-order valence-corrected chi connectivity index (χ0v) is 14.8. The number of anilines is 3. The van der Waals surface area contributed by atoms with Gasteiger partial charge in [0.1, 0.15) is 11.6 Å². The van der Waals surface area contributed by atoms with Gasteiger partial charge in [-0.05, 0) is 55.3 Å². The van der Waals surface area contributed by atoms with Crippen molar-refractivity contribution in [2.75, 3.05) is 10.6 Å². The van der Waals surface area contributed by atoms with Gasteiger partial charge in [0.15, 0.2) is 0 Å². The molecule has 5 nitrogen and oxygen atoms in total. The summed E-state index contributed by atoms with van der Waals surface area (Å²) in [6.45, 7) is 4.75. The summed E-state index contributed by atoms with van der Waals surface area (Å²) in [6, 6.07) is 17.9. The topological polar surface area (TPSA) is 63.0 Å². The number of nitrogens with one attached hydrogen (secondary N) is 2. The third-order valence-electron chi connectivity index (χ3n) is 4.46. The predicted molar refractivity (Wildman–Crippen MR) is 105 cm³/mol. The lowest BCUT2D eigenvalue weighted by molar-refractivity contribution is 0.518. The van der Waals surface area contributed by atoms with E-state index in [0.717, 1.165) is 28.2 Å². The van der Waals surface area contributed by atoms with Gasteiger partial charge in [-0.2, -0.15) is 4.98 Å². The number of aromatic nitrogens is 2.